The normalized spacial score (nSPS) is 13.0. The van der Waals surface area contributed by atoms with Crippen molar-refractivity contribution in [3.63, 3.8) is 0 Å². The highest BCUT2D eigenvalue weighted by molar-refractivity contribution is 7.11. The van der Waals surface area contributed by atoms with Crippen LogP contribution < -0.4 is 5.32 Å². The first-order valence-electron chi connectivity index (χ1n) is 5.07. The van der Waals surface area contributed by atoms with Gasteiger partial charge < -0.3 is 15.2 Å². The van der Waals surface area contributed by atoms with Gasteiger partial charge in [0.05, 0.1) is 17.7 Å². The van der Waals surface area contributed by atoms with Gasteiger partial charge in [0.2, 0.25) is 0 Å². The maximum atomic E-state index is 9.38. The molecule has 1 unspecified atom stereocenters. The van der Waals surface area contributed by atoms with Crippen LogP contribution in [-0.4, -0.2) is 36.5 Å². The Morgan fingerprint density at radius 3 is 3.07 bits per heavy atom. The fourth-order valence-corrected chi connectivity index (χ4v) is 2.04. The summed E-state index contributed by atoms with van der Waals surface area (Å²) in [6.07, 6.45) is 2.43. The van der Waals surface area contributed by atoms with E-state index in [1.807, 2.05) is 6.20 Å². The molecule has 0 amide bonds. The number of ether oxygens (including phenoxy) is 1. The zero-order valence-electron chi connectivity index (χ0n) is 9.19. The molecule has 1 rings (SSSR count). The number of aromatic nitrogens is 1. The Hall–Kier alpha value is -0.490. The van der Waals surface area contributed by atoms with Crippen molar-refractivity contribution >= 4 is 11.3 Å². The SMILES string of the molecule is CCc1ncc(CNCC(O)COC)s1. The van der Waals surface area contributed by atoms with Crippen molar-refractivity contribution in [1.82, 2.24) is 10.3 Å². The van der Waals surface area contributed by atoms with Gasteiger partial charge in [0.1, 0.15) is 0 Å². The summed E-state index contributed by atoms with van der Waals surface area (Å²) >= 11 is 1.71. The number of aryl methyl sites for hydroxylation is 1. The van der Waals surface area contributed by atoms with E-state index in [4.69, 9.17) is 4.74 Å². The third-order valence-corrected chi connectivity index (χ3v) is 3.08. The van der Waals surface area contributed by atoms with Gasteiger partial charge in [-0.05, 0) is 6.42 Å². The summed E-state index contributed by atoms with van der Waals surface area (Å²) in [6, 6.07) is 0. The van der Waals surface area contributed by atoms with Crippen molar-refractivity contribution < 1.29 is 9.84 Å². The lowest BCUT2D eigenvalue weighted by atomic mass is 10.4. The van der Waals surface area contributed by atoms with Crippen LogP contribution in [0, 0.1) is 0 Å². The fraction of sp³-hybridized carbons (Fsp3) is 0.700. The molecule has 86 valence electrons. The average Bonchev–Trinajstić information content (AvgIpc) is 2.66. The van der Waals surface area contributed by atoms with Crippen molar-refractivity contribution in [2.24, 2.45) is 0 Å². The third kappa shape index (κ3) is 4.70. The van der Waals surface area contributed by atoms with Crippen LogP contribution in [0.2, 0.25) is 0 Å². The van der Waals surface area contributed by atoms with E-state index >= 15 is 0 Å². The van der Waals surface area contributed by atoms with Gasteiger partial charge in [-0.2, -0.15) is 0 Å². The number of methoxy groups -OCH3 is 1. The van der Waals surface area contributed by atoms with Crippen LogP contribution in [-0.2, 0) is 17.7 Å². The monoisotopic (exact) mass is 230 g/mol. The Morgan fingerprint density at radius 2 is 2.47 bits per heavy atom. The Balaban J connectivity index is 2.19. The van der Waals surface area contributed by atoms with E-state index in [-0.39, 0.29) is 0 Å². The molecule has 1 aromatic rings. The number of hydrogen-bond donors (Lipinski definition) is 2. The van der Waals surface area contributed by atoms with Gasteiger partial charge >= 0.3 is 0 Å². The highest BCUT2D eigenvalue weighted by atomic mass is 32.1. The average molecular weight is 230 g/mol. The number of aliphatic hydroxyl groups is 1. The van der Waals surface area contributed by atoms with Crippen LogP contribution in [0.1, 0.15) is 16.8 Å². The molecule has 0 saturated heterocycles. The second-order valence-electron chi connectivity index (χ2n) is 3.31. The van der Waals surface area contributed by atoms with Crippen LogP contribution in [0.5, 0.6) is 0 Å². The maximum Gasteiger partial charge on any atom is 0.0925 e. The molecule has 0 aliphatic carbocycles. The molecule has 1 atom stereocenters. The van der Waals surface area contributed by atoms with Gasteiger partial charge in [-0.25, -0.2) is 4.98 Å². The molecule has 0 aliphatic heterocycles. The molecular weight excluding hydrogens is 212 g/mol. The number of thiazole rings is 1. The van der Waals surface area contributed by atoms with Crippen molar-refractivity contribution in [3.05, 3.63) is 16.1 Å². The fourth-order valence-electron chi connectivity index (χ4n) is 1.21. The summed E-state index contributed by atoms with van der Waals surface area (Å²) in [5.74, 6) is 0. The predicted octanol–water partition coefficient (Wildman–Crippen LogP) is 0.802. The zero-order chi connectivity index (χ0) is 11.1. The minimum Gasteiger partial charge on any atom is -0.389 e. The van der Waals surface area contributed by atoms with Crippen LogP contribution in [0.25, 0.3) is 0 Å². The first kappa shape index (κ1) is 12.6. The van der Waals surface area contributed by atoms with E-state index in [2.05, 4.69) is 17.2 Å². The molecular formula is C10H18N2O2S. The van der Waals surface area contributed by atoms with Gasteiger partial charge in [-0.1, -0.05) is 6.92 Å². The quantitative estimate of drug-likeness (QED) is 0.727. The summed E-state index contributed by atoms with van der Waals surface area (Å²) in [4.78, 5) is 5.47. The van der Waals surface area contributed by atoms with Crippen molar-refractivity contribution in [2.45, 2.75) is 26.0 Å². The molecule has 0 aromatic carbocycles. The number of aliphatic hydroxyl groups excluding tert-OH is 1. The Labute approximate surface area is 94.3 Å². The predicted molar refractivity (Wildman–Crippen MR) is 61.1 cm³/mol. The second-order valence-corrected chi connectivity index (χ2v) is 4.51. The Kier molecular flexibility index (Phi) is 5.78. The lowest BCUT2D eigenvalue weighted by Crippen LogP contribution is -2.29. The summed E-state index contributed by atoms with van der Waals surface area (Å²) in [5.41, 5.74) is 0. The summed E-state index contributed by atoms with van der Waals surface area (Å²) in [5, 5.41) is 13.7. The number of nitrogens with one attached hydrogen (secondary N) is 1. The molecule has 1 aromatic heterocycles. The first-order valence-corrected chi connectivity index (χ1v) is 5.89. The van der Waals surface area contributed by atoms with Crippen molar-refractivity contribution in [1.29, 1.82) is 0 Å². The second kappa shape index (κ2) is 6.90. The minimum absolute atomic E-state index is 0.371. The van der Waals surface area contributed by atoms with E-state index < -0.39 is 6.10 Å². The number of rotatable bonds is 7. The topological polar surface area (TPSA) is 54.4 Å². The summed E-state index contributed by atoms with van der Waals surface area (Å²) in [7, 11) is 1.58. The zero-order valence-corrected chi connectivity index (χ0v) is 10.0. The van der Waals surface area contributed by atoms with Crippen LogP contribution >= 0.6 is 11.3 Å². The molecule has 2 N–H and O–H groups in total. The van der Waals surface area contributed by atoms with E-state index in [0.29, 0.717) is 13.2 Å². The highest BCUT2D eigenvalue weighted by Gasteiger charge is 2.03. The van der Waals surface area contributed by atoms with Crippen LogP contribution in [0.4, 0.5) is 0 Å². The molecule has 0 spiro atoms. The molecule has 5 heteroatoms. The van der Waals surface area contributed by atoms with Gasteiger partial charge in [-0.3, -0.25) is 0 Å². The van der Waals surface area contributed by atoms with Gasteiger partial charge in [0.15, 0.2) is 0 Å². The van der Waals surface area contributed by atoms with Crippen LogP contribution in [0.3, 0.4) is 0 Å². The summed E-state index contributed by atoms with van der Waals surface area (Å²) in [6.45, 7) is 3.78. The van der Waals surface area contributed by atoms with E-state index in [0.717, 1.165) is 18.0 Å². The van der Waals surface area contributed by atoms with E-state index in [1.54, 1.807) is 18.4 Å². The van der Waals surface area contributed by atoms with Crippen molar-refractivity contribution in [3.8, 4) is 0 Å². The van der Waals surface area contributed by atoms with Gasteiger partial charge in [0, 0.05) is 31.3 Å². The highest BCUT2D eigenvalue weighted by Crippen LogP contribution is 2.12. The molecule has 0 fully saturated rings. The van der Waals surface area contributed by atoms with E-state index in [1.165, 1.54) is 4.88 Å². The third-order valence-electron chi connectivity index (χ3n) is 1.94. The maximum absolute atomic E-state index is 9.38. The molecule has 0 saturated carbocycles. The lowest BCUT2D eigenvalue weighted by Gasteiger charge is -2.09. The number of nitrogens with zero attached hydrogens (tertiary/aromatic N) is 1. The Bertz CT molecular complexity index is 278. The smallest absolute Gasteiger partial charge is 0.0925 e. The summed E-state index contributed by atoms with van der Waals surface area (Å²) < 4.78 is 4.83. The van der Waals surface area contributed by atoms with Crippen LogP contribution in [0.15, 0.2) is 6.20 Å². The van der Waals surface area contributed by atoms with Crippen molar-refractivity contribution in [2.75, 3.05) is 20.3 Å². The molecule has 4 nitrogen and oxygen atoms in total. The van der Waals surface area contributed by atoms with Gasteiger partial charge in [0.25, 0.3) is 0 Å². The van der Waals surface area contributed by atoms with Gasteiger partial charge in [-0.15, -0.1) is 11.3 Å². The molecule has 15 heavy (non-hydrogen) atoms. The van der Waals surface area contributed by atoms with E-state index in [9.17, 15) is 5.11 Å². The molecule has 0 radical (unpaired) electrons. The molecule has 0 bridgehead atoms. The number of hydrogen-bond acceptors (Lipinski definition) is 5. The first-order chi connectivity index (χ1) is 7.26. The largest absolute Gasteiger partial charge is 0.389 e. The molecule has 0 aliphatic rings. The minimum atomic E-state index is -0.437. The Morgan fingerprint density at radius 1 is 1.67 bits per heavy atom. The standard InChI is InChI=1S/C10H18N2O2S/c1-3-10-12-6-9(15-10)5-11-4-8(13)7-14-2/h6,8,11,13H,3-5,7H2,1-2H3. The lowest BCUT2D eigenvalue weighted by molar-refractivity contribution is 0.0644. The molecule has 1 heterocycles.